The van der Waals surface area contributed by atoms with Crippen molar-refractivity contribution in [1.82, 2.24) is 14.6 Å². The summed E-state index contributed by atoms with van der Waals surface area (Å²) in [4.78, 5) is 17.9. The van der Waals surface area contributed by atoms with E-state index in [9.17, 15) is 4.79 Å². The van der Waals surface area contributed by atoms with Crippen LogP contribution >= 0.6 is 22.7 Å². The minimum absolute atomic E-state index is 0.0916. The third kappa shape index (κ3) is 3.54. The van der Waals surface area contributed by atoms with Gasteiger partial charge < -0.3 is 10.6 Å². The Morgan fingerprint density at radius 1 is 1.28 bits per heavy atom. The molecule has 1 amide bonds. The first-order valence-corrected chi connectivity index (χ1v) is 9.37. The molecule has 4 rings (SSSR count). The van der Waals surface area contributed by atoms with Gasteiger partial charge in [0.1, 0.15) is 0 Å². The van der Waals surface area contributed by atoms with Gasteiger partial charge in [0.2, 0.25) is 16.0 Å². The van der Waals surface area contributed by atoms with Crippen LogP contribution < -0.4 is 10.6 Å². The van der Waals surface area contributed by atoms with Crippen molar-refractivity contribution in [2.45, 2.75) is 13.5 Å². The Bertz CT molecular complexity index is 987. The number of rotatable bonds is 5. The molecule has 8 heteroatoms. The number of hydrogen-bond acceptors (Lipinski definition) is 6. The van der Waals surface area contributed by atoms with E-state index in [4.69, 9.17) is 0 Å². The lowest BCUT2D eigenvalue weighted by atomic mass is 10.1. The summed E-state index contributed by atoms with van der Waals surface area (Å²) in [7, 11) is 0. The fourth-order valence-corrected chi connectivity index (χ4v) is 3.87. The van der Waals surface area contributed by atoms with Crippen LogP contribution in [-0.2, 0) is 11.3 Å². The molecule has 3 aromatic heterocycles. The Morgan fingerprint density at radius 2 is 2.20 bits per heavy atom. The van der Waals surface area contributed by atoms with E-state index in [1.54, 1.807) is 15.9 Å². The average Bonchev–Trinajstić information content (AvgIpc) is 3.28. The van der Waals surface area contributed by atoms with Crippen LogP contribution in [0.15, 0.2) is 48.0 Å². The number of imidazole rings is 1. The van der Waals surface area contributed by atoms with Gasteiger partial charge in [-0.2, -0.15) is 0 Å². The third-order valence-corrected chi connectivity index (χ3v) is 5.27. The number of nitrogens with zero attached hydrogens (tertiary/aromatic N) is 3. The standard InChI is InChI=1S/C17H15N5OS2/c1-11(23)19-13-5-2-4-12(8-13)15-10-22-17(20-15)25-16(21-22)18-9-14-6-3-7-24-14/h2-8,10H,9H2,1H3,(H,18,21)(H,19,23). The normalized spacial score (nSPS) is 10.9. The highest BCUT2D eigenvalue weighted by molar-refractivity contribution is 7.20. The zero-order chi connectivity index (χ0) is 17.2. The van der Waals surface area contributed by atoms with Crippen molar-refractivity contribution >= 4 is 44.4 Å². The summed E-state index contributed by atoms with van der Waals surface area (Å²) < 4.78 is 1.78. The summed E-state index contributed by atoms with van der Waals surface area (Å²) in [6, 6.07) is 11.8. The smallest absolute Gasteiger partial charge is 0.221 e. The highest BCUT2D eigenvalue weighted by atomic mass is 32.1. The number of aromatic nitrogens is 3. The second-order valence-electron chi connectivity index (χ2n) is 5.46. The van der Waals surface area contributed by atoms with E-state index < -0.39 is 0 Å². The van der Waals surface area contributed by atoms with E-state index in [1.165, 1.54) is 23.1 Å². The van der Waals surface area contributed by atoms with Crippen LogP contribution in [0.3, 0.4) is 0 Å². The van der Waals surface area contributed by atoms with Crippen molar-refractivity contribution < 1.29 is 4.79 Å². The number of carbonyl (C=O) groups excluding carboxylic acids is 1. The average molecular weight is 369 g/mol. The van der Waals surface area contributed by atoms with E-state index in [0.29, 0.717) is 0 Å². The molecule has 0 radical (unpaired) electrons. The quantitative estimate of drug-likeness (QED) is 0.556. The molecule has 0 atom stereocenters. The molecule has 0 aliphatic heterocycles. The van der Waals surface area contributed by atoms with E-state index in [2.05, 4.69) is 32.2 Å². The van der Waals surface area contributed by atoms with Gasteiger partial charge >= 0.3 is 0 Å². The lowest BCUT2D eigenvalue weighted by Gasteiger charge is -2.03. The number of thiophene rings is 1. The molecule has 0 aliphatic carbocycles. The molecule has 126 valence electrons. The number of amides is 1. The van der Waals surface area contributed by atoms with Gasteiger partial charge in [0.15, 0.2) is 0 Å². The number of hydrogen-bond donors (Lipinski definition) is 2. The number of benzene rings is 1. The minimum atomic E-state index is -0.0916. The van der Waals surface area contributed by atoms with Gasteiger partial charge in [0.05, 0.1) is 18.4 Å². The van der Waals surface area contributed by atoms with Crippen LogP contribution in [-0.4, -0.2) is 20.5 Å². The number of anilines is 2. The molecular formula is C17H15N5OS2. The van der Waals surface area contributed by atoms with Crippen LogP contribution in [0.2, 0.25) is 0 Å². The molecule has 25 heavy (non-hydrogen) atoms. The molecule has 2 N–H and O–H groups in total. The second kappa shape index (κ2) is 6.66. The van der Waals surface area contributed by atoms with Gasteiger partial charge in [0.25, 0.3) is 0 Å². The van der Waals surface area contributed by atoms with Crippen molar-refractivity contribution in [3.8, 4) is 11.3 Å². The summed E-state index contributed by atoms with van der Waals surface area (Å²) >= 11 is 3.23. The molecule has 6 nitrogen and oxygen atoms in total. The Morgan fingerprint density at radius 3 is 2.96 bits per heavy atom. The van der Waals surface area contributed by atoms with Gasteiger partial charge in [-0.05, 0) is 23.6 Å². The molecule has 0 spiro atoms. The van der Waals surface area contributed by atoms with Crippen LogP contribution in [0.4, 0.5) is 10.8 Å². The van der Waals surface area contributed by atoms with Gasteiger partial charge in [-0.25, -0.2) is 9.50 Å². The van der Waals surface area contributed by atoms with Crippen LogP contribution in [0, 0.1) is 0 Å². The largest absolute Gasteiger partial charge is 0.355 e. The Kier molecular flexibility index (Phi) is 4.21. The zero-order valence-electron chi connectivity index (χ0n) is 13.4. The summed E-state index contributed by atoms with van der Waals surface area (Å²) in [6.07, 6.45) is 1.90. The van der Waals surface area contributed by atoms with Gasteiger partial charge in [-0.1, -0.05) is 29.5 Å². The highest BCUT2D eigenvalue weighted by Crippen LogP contribution is 2.26. The molecule has 0 bridgehead atoms. The molecule has 0 fully saturated rings. The molecule has 3 heterocycles. The van der Waals surface area contributed by atoms with Gasteiger partial charge in [0, 0.05) is 23.1 Å². The van der Waals surface area contributed by atoms with Gasteiger partial charge in [-0.15, -0.1) is 16.4 Å². The van der Waals surface area contributed by atoms with Crippen molar-refractivity contribution in [2.75, 3.05) is 10.6 Å². The third-order valence-electron chi connectivity index (χ3n) is 3.52. The maximum atomic E-state index is 11.2. The Hall–Kier alpha value is -2.71. The maximum Gasteiger partial charge on any atom is 0.221 e. The fraction of sp³-hybridized carbons (Fsp3) is 0.118. The molecule has 4 aromatic rings. The molecule has 0 saturated carbocycles. The predicted molar refractivity (Wildman–Crippen MR) is 102 cm³/mol. The Labute approximate surface area is 152 Å². The van der Waals surface area contributed by atoms with Crippen molar-refractivity contribution in [3.63, 3.8) is 0 Å². The molecule has 0 aliphatic rings. The summed E-state index contributed by atoms with van der Waals surface area (Å²) in [5.74, 6) is -0.0916. The molecule has 1 aromatic carbocycles. The molecular weight excluding hydrogens is 354 g/mol. The SMILES string of the molecule is CC(=O)Nc1cccc(-c2cn3nc(NCc4cccs4)sc3n2)c1. The molecule has 0 saturated heterocycles. The lowest BCUT2D eigenvalue weighted by Crippen LogP contribution is -2.05. The van der Waals surface area contributed by atoms with E-state index in [1.807, 2.05) is 36.5 Å². The van der Waals surface area contributed by atoms with Crippen molar-refractivity contribution in [2.24, 2.45) is 0 Å². The van der Waals surface area contributed by atoms with Crippen LogP contribution in [0.25, 0.3) is 16.2 Å². The lowest BCUT2D eigenvalue weighted by molar-refractivity contribution is -0.114. The minimum Gasteiger partial charge on any atom is -0.355 e. The summed E-state index contributed by atoms with van der Waals surface area (Å²) in [5.41, 5.74) is 2.53. The number of fused-ring (bicyclic) bond motifs is 1. The van der Waals surface area contributed by atoms with E-state index >= 15 is 0 Å². The maximum absolute atomic E-state index is 11.2. The number of carbonyl (C=O) groups is 1. The summed E-state index contributed by atoms with van der Waals surface area (Å²) in [5, 5.41) is 13.5. The van der Waals surface area contributed by atoms with Crippen LogP contribution in [0.5, 0.6) is 0 Å². The van der Waals surface area contributed by atoms with E-state index in [-0.39, 0.29) is 5.91 Å². The number of nitrogens with one attached hydrogen (secondary N) is 2. The van der Waals surface area contributed by atoms with E-state index in [0.717, 1.165) is 33.6 Å². The van der Waals surface area contributed by atoms with Crippen LogP contribution in [0.1, 0.15) is 11.8 Å². The predicted octanol–water partition coefficient (Wildman–Crippen LogP) is 4.09. The van der Waals surface area contributed by atoms with Crippen molar-refractivity contribution in [1.29, 1.82) is 0 Å². The van der Waals surface area contributed by atoms with Gasteiger partial charge in [-0.3, -0.25) is 4.79 Å². The topological polar surface area (TPSA) is 71.3 Å². The molecule has 0 unspecified atom stereocenters. The summed E-state index contributed by atoms with van der Waals surface area (Å²) in [6.45, 7) is 2.26. The second-order valence-corrected chi connectivity index (χ2v) is 7.44. The Balaban J connectivity index is 1.54. The first kappa shape index (κ1) is 15.8. The fourth-order valence-electron chi connectivity index (χ4n) is 2.45. The van der Waals surface area contributed by atoms with Crippen molar-refractivity contribution in [3.05, 3.63) is 52.9 Å². The zero-order valence-corrected chi connectivity index (χ0v) is 15.0. The monoisotopic (exact) mass is 369 g/mol. The first-order chi connectivity index (χ1) is 12.2. The highest BCUT2D eigenvalue weighted by Gasteiger charge is 2.10. The first-order valence-electron chi connectivity index (χ1n) is 7.68.